The van der Waals surface area contributed by atoms with Gasteiger partial charge >= 0.3 is 6.09 Å². The van der Waals surface area contributed by atoms with E-state index in [1.54, 1.807) is 18.2 Å². The van der Waals surface area contributed by atoms with Gasteiger partial charge in [0.25, 0.3) is 0 Å². The van der Waals surface area contributed by atoms with E-state index in [1.165, 1.54) is 12.0 Å². The van der Waals surface area contributed by atoms with Crippen LogP contribution < -0.4 is 4.74 Å². The lowest BCUT2D eigenvalue weighted by Crippen LogP contribution is -2.44. The number of hydrogen-bond donors (Lipinski definition) is 2. The number of methoxy groups -OCH3 is 1. The molecule has 1 amide bonds. The fourth-order valence-electron chi connectivity index (χ4n) is 2.43. The molecule has 1 saturated heterocycles. The Balaban J connectivity index is 2.24. The van der Waals surface area contributed by atoms with Crippen molar-refractivity contribution in [3.05, 3.63) is 29.3 Å². The molecule has 0 unspecified atom stereocenters. The Hall–Kier alpha value is -2.26. The second-order valence-electron chi connectivity index (χ2n) is 4.83. The summed E-state index contributed by atoms with van der Waals surface area (Å²) in [7, 11) is 1.47. The highest BCUT2D eigenvalue weighted by molar-refractivity contribution is 5.65. The number of ether oxygens (including phenoxy) is 1. The summed E-state index contributed by atoms with van der Waals surface area (Å²) in [6.45, 7) is 0.572. The molecule has 1 fully saturated rings. The third-order valence-electron chi connectivity index (χ3n) is 3.72. The first-order valence-electron chi connectivity index (χ1n) is 6.29. The molecule has 6 heteroatoms. The van der Waals surface area contributed by atoms with Gasteiger partial charge in [0.1, 0.15) is 11.8 Å². The quantitative estimate of drug-likeness (QED) is 0.854. The molecule has 0 aromatic heterocycles. The van der Waals surface area contributed by atoms with Crippen molar-refractivity contribution in [1.82, 2.24) is 4.90 Å². The number of piperidine rings is 1. The minimum Gasteiger partial charge on any atom is -0.495 e. The Morgan fingerprint density at radius 3 is 2.60 bits per heavy atom. The van der Waals surface area contributed by atoms with Gasteiger partial charge in [0.15, 0.2) is 0 Å². The average Bonchev–Trinajstić information content (AvgIpc) is 2.46. The molecule has 0 atom stereocenters. The fraction of sp³-hybridized carbons (Fsp3) is 0.429. The molecule has 1 heterocycles. The number of aliphatic hydroxyl groups is 1. The first-order chi connectivity index (χ1) is 9.50. The molecule has 1 aliphatic heterocycles. The van der Waals surface area contributed by atoms with Crippen LogP contribution in [0.2, 0.25) is 0 Å². The fourth-order valence-corrected chi connectivity index (χ4v) is 2.43. The number of nitrogens with zero attached hydrogens (tertiary/aromatic N) is 2. The van der Waals surface area contributed by atoms with Crippen molar-refractivity contribution >= 4 is 6.09 Å². The SMILES string of the molecule is COc1cc(C2(O)CCN(C(=O)O)CC2)ccc1C#N. The lowest BCUT2D eigenvalue weighted by molar-refractivity contribution is -0.0214. The predicted molar refractivity (Wildman–Crippen MR) is 70.4 cm³/mol. The van der Waals surface area contributed by atoms with Gasteiger partial charge in [-0.25, -0.2) is 4.79 Å². The Morgan fingerprint density at radius 2 is 2.10 bits per heavy atom. The third-order valence-corrected chi connectivity index (χ3v) is 3.72. The number of benzene rings is 1. The first kappa shape index (κ1) is 14.2. The van der Waals surface area contributed by atoms with Crippen LogP contribution in [0.4, 0.5) is 4.79 Å². The maximum atomic E-state index is 10.9. The second kappa shape index (κ2) is 5.39. The normalized spacial score (nSPS) is 17.4. The van der Waals surface area contributed by atoms with Crippen molar-refractivity contribution in [3.63, 3.8) is 0 Å². The van der Waals surface area contributed by atoms with Gasteiger partial charge in [-0.3, -0.25) is 0 Å². The van der Waals surface area contributed by atoms with E-state index >= 15 is 0 Å². The highest BCUT2D eigenvalue weighted by Crippen LogP contribution is 2.35. The van der Waals surface area contributed by atoms with E-state index < -0.39 is 11.7 Å². The highest BCUT2D eigenvalue weighted by atomic mass is 16.5. The zero-order valence-electron chi connectivity index (χ0n) is 11.2. The molecule has 2 rings (SSSR count). The minimum absolute atomic E-state index is 0.286. The summed E-state index contributed by atoms with van der Waals surface area (Å²) in [6, 6.07) is 6.97. The maximum absolute atomic E-state index is 10.9. The van der Waals surface area contributed by atoms with Crippen LogP contribution in [0.25, 0.3) is 0 Å². The zero-order chi connectivity index (χ0) is 14.8. The molecule has 6 nitrogen and oxygen atoms in total. The van der Waals surface area contributed by atoms with Crippen molar-refractivity contribution < 1.29 is 19.7 Å². The van der Waals surface area contributed by atoms with E-state index in [9.17, 15) is 9.90 Å². The molecule has 0 saturated carbocycles. The summed E-state index contributed by atoms with van der Waals surface area (Å²) in [4.78, 5) is 12.2. The number of carbonyl (C=O) groups is 1. The molecule has 2 N–H and O–H groups in total. The van der Waals surface area contributed by atoms with Gasteiger partial charge in [0, 0.05) is 13.1 Å². The molecule has 0 bridgehead atoms. The second-order valence-corrected chi connectivity index (χ2v) is 4.83. The number of amides is 1. The van der Waals surface area contributed by atoms with E-state index in [0.29, 0.717) is 29.7 Å². The highest BCUT2D eigenvalue weighted by Gasteiger charge is 2.35. The van der Waals surface area contributed by atoms with Crippen LogP contribution in [0, 0.1) is 11.3 Å². The maximum Gasteiger partial charge on any atom is 0.407 e. The summed E-state index contributed by atoms with van der Waals surface area (Å²) in [5.74, 6) is 0.416. The summed E-state index contributed by atoms with van der Waals surface area (Å²) in [6.07, 6.45) is -0.313. The minimum atomic E-state index is -1.08. The number of rotatable bonds is 2. The zero-order valence-corrected chi connectivity index (χ0v) is 11.2. The summed E-state index contributed by atoms with van der Waals surface area (Å²) >= 11 is 0. The smallest absolute Gasteiger partial charge is 0.407 e. The molecule has 0 radical (unpaired) electrons. The number of carboxylic acid groups (broad SMARTS) is 1. The average molecular weight is 276 g/mol. The first-order valence-corrected chi connectivity index (χ1v) is 6.29. The lowest BCUT2D eigenvalue weighted by Gasteiger charge is -2.37. The van der Waals surface area contributed by atoms with Crippen LogP contribution in [-0.4, -0.2) is 41.4 Å². The van der Waals surface area contributed by atoms with E-state index in [4.69, 9.17) is 15.1 Å². The van der Waals surface area contributed by atoms with Gasteiger partial charge in [-0.15, -0.1) is 0 Å². The van der Waals surface area contributed by atoms with E-state index in [2.05, 4.69) is 0 Å². The largest absolute Gasteiger partial charge is 0.495 e. The van der Waals surface area contributed by atoms with Gasteiger partial charge < -0.3 is 19.8 Å². The molecular weight excluding hydrogens is 260 g/mol. The van der Waals surface area contributed by atoms with Gasteiger partial charge in [-0.1, -0.05) is 6.07 Å². The van der Waals surface area contributed by atoms with Crippen molar-refractivity contribution in [2.24, 2.45) is 0 Å². The van der Waals surface area contributed by atoms with Gasteiger partial charge in [0.05, 0.1) is 18.3 Å². The standard InChI is InChI=1S/C14H16N2O4/c1-20-12-8-11(3-2-10(12)9-15)14(19)4-6-16(7-5-14)13(17)18/h2-3,8,19H,4-7H2,1H3,(H,17,18). The van der Waals surface area contributed by atoms with Crippen LogP contribution in [0.15, 0.2) is 18.2 Å². The molecule has 1 aromatic rings. The van der Waals surface area contributed by atoms with Crippen molar-refractivity contribution in [1.29, 1.82) is 5.26 Å². The molecule has 0 spiro atoms. The van der Waals surface area contributed by atoms with Gasteiger partial charge in [-0.05, 0) is 30.5 Å². The van der Waals surface area contributed by atoms with Crippen molar-refractivity contribution in [3.8, 4) is 11.8 Å². The molecule has 1 aromatic carbocycles. The van der Waals surface area contributed by atoms with E-state index in [-0.39, 0.29) is 13.1 Å². The molecule has 20 heavy (non-hydrogen) atoms. The third kappa shape index (κ3) is 2.53. The molecule has 0 aliphatic carbocycles. The summed E-state index contributed by atoms with van der Waals surface area (Å²) in [5, 5.41) is 28.5. The van der Waals surface area contributed by atoms with Gasteiger partial charge in [-0.2, -0.15) is 5.26 Å². The van der Waals surface area contributed by atoms with Crippen LogP contribution in [0.1, 0.15) is 24.0 Å². The summed E-state index contributed by atoms with van der Waals surface area (Å²) < 4.78 is 5.13. The van der Waals surface area contributed by atoms with Crippen molar-refractivity contribution in [2.45, 2.75) is 18.4 Å². The molecule has 1 aliphatic rings. The Kier molecular flexibility index (Phi) is 3.81. The lowest BCUT2D eigenvalue weighted by atomic mass is 9.84. The van der Waals surface area contributed by atoms with Crippen LogP contribution in [0.5, 0.6) is 5.75 Å². The van der Waals surface area contributed by atoms with Crippen LogP contribution in [-0.2, 0) is 5.60 Å². The Bertz CT molecular complexity index is 557. The number of nitriles is 1. The Morgan fingerprint density at radius 1 is 1.45 bits per heavy atom. The monoisotopic (exact) mass is 276 g/mol. The number of hydrogen-bond acceptors (Lipinski definition) is 4. The van der Waals surface area contributed by atoms with E-state index in [1.807, 2.05) is 6.07 Å². The van der Waals surface area contributed by atoms with Crippen LogP contribution >= 0.6 is 0 Å². The number of likely N-dealkylation sites (tertiary alicyclic amines) is 1. The molecular formula is C14H16N2O4. The van der Waals surface area contributed by atoms with Gasteiger partial charge in [0.2, 0.25) is 0 Å². The van der Waals surface area contributed by atoms with Crippen molar-refractivity contribution in [2.75, 3.05) is 20.2 Å². The molecule has 106 valence electrons. The predicted octanol–water partition coefficient (Wildman–Crippen LogP) is 1.53. The topological polar surface area (TPSA) is 93.8 Å². The van der Waals surface area contributed by atoms with E-state index in [0.717, 1.165) is 0 Å². The Labute approximate surface area is 116 Å². The van der Waals surface area contributed by atoms with Crippen LogP contribution in [0.3, 0.4) is 0 Å². The summed E-state index contributed by atoms with van der Waals surface area (Å²) in [5.41, 5.74) is -0.0195.